The van der Waals surface area contributed by atoms with Crippen molar-refractivity contribution in [2.24, 2.45) is 4.99 Å². The second-order valence-electron chi connectivity index (χ2n) is 3.85. The first kappa shape index (κ1) is 11.3. The van der Waals surface area contributed by atoms with Crippen LogP contribution in [0.15, 0.2) is 34.4 Å². The summed E-state index contributed by atoms with van der Waals surface area (Å²) in [6.45, 7) is 3.25. The van der Waals surface area contributed by atoms with E-state index < -0.39 is 0 Å². The Balaban J connectivity index is 1.95. The standard InChI is InChI=1S/C11H10ClN3S2/c1-7-6-15-11(16-7)14-10(17-15)13-9-4-2-8(12)3-5-9/h2-5,7H,6H2,1H3. The topological polar surface area (TPSA) is 30.2 Å². The van der Waals surface area contributed by atoms with Gasteiger partial charge in [0.05, 0.1) is 5.69 Å². The molecule has 1 aromatic carbocycles. The molecule has 1 aliphatic heterocycles. The van der Waals surface area contributed by atoms with Gasteiger partial charge < -0.3 is 0 Å². The second kappa shape index (κ2) is 4.48. The molecule has 0 saturated carbocycles. The van der Waals surface area contributed by atoms with Crippen molar-refractivity contribution in [1.29, 1.82) is 0 Å². The molecule has 0 fully saturated rings. The van der Waals surface area contributed by atoms with Gasteiger partial charge in [-0.05, 0) is 35.8 Å². The molecule has 0 N–H and O–H groups in total. The van der Waals surface area contributed by atoms with Crippen LogP contribution in [-0.2, 0) is 6.54 Å². The Kier molecular flexibility index (Phi) is 2.98. The van der Waals surface area contributed by atoms with E-state index in [0.29, 0.717) is 5.25 Å². The zero-order valence-corrected chi connectivity index (χ0v) is 11.5. The largest absolute Gasteiger partial charge is 0.272 e. The highest BCUT2D eigenvalue weighted by atomic mass is 35.5. The van der Waals surface area contributed by atoms with Gasteiger partial charge in [-0.25, -0.2) is 4.99 Å². The number of hydrogen-bond donors (Lipinski definition) is 0. The summed E-state index contributed by atoms with van der Waals surface area (Å²) in [5.74, 6) is 0. The SMILES string of the molecule is CC1Cn2sc(=Nc3ccc(Cl)cc3)nc2S1. The van der Waals surface area contributed by atoms with Crippen molar-refractivity contribution in [2.75, 3.05) is 0 Å². The molecule has 6 heteroatoms. The number of aromatic nitrogens is 2. The highest BCUT2D eigenvalue weighted by Gasteiger charge is 2.20. The Bertz CT molecular complexity index is 573. The van der Waals surface area contributed by atoms with Crippen LogP contribution >= 0.6 is 34.9 Å². The predicted molar refractivity (Wildman–Crippen MR) is 72.1 cm³/mol. The molecule has 1 unspecified atom stereocenters. The van der Waals surface area contributed by atoms with Crippen LogP contribution in [-0.4, -0.2) is 14.2 Å². The van der Waals surface area contributed by atoms with Crippen molar-refractivity contribution in [3.05, 3.63) is 34.1 Å². The lowest BCUT2D eigenvalue weighted by Gasteiger charge is -1.94. The first-order valence-electron chi connectivity index (χ1n) is 5.26. The molecule has 1 aliphatic rings. The maximum absolute atomic E-state index is 5.83. The number of benzene rings is 1. The number of fused-ring (bicyclic) bond motifs is 1. The quantitative estimate of drug-likeness (QED) is 0.804. The molecule has 88 valence electrons. The van der Waals surface area contributed by atoms with Crippen LogP contribution < -0.4 is 4.80 Å². The maximum Gasteiger partial charge on any atom is 0.228 e. The van der Waals surface area contributed by atoms with Gasteiger partial charge in [0.15, 0.2) is 5.16 Å². The number of halogens is 1. The minimum Gasteiger partial charge on any atom is -0.272 e. The molecule has 1 atom stereocenters. The minimum atomic E-state index is 0.623. The fourth-order valence-corrected chi connectivity index (χ4v) is 3.94. The van der Waals surface area contributed by atoms with Crippen LogP contribution in [0.5, 0.6) is 0 Å². The zero-order chi connectivity index (χ0) is 11.8. The fraction of sp³-hybridized carbons (Fsp3) is 0.273. The van der Waals surface area contributed by atoms with Gasteiger partial charge in [-0.3, -0.25) is 3.96 Å². The van der Waals surface area contributed by atoms with Crippen molar-refractivity contribution >= 4 is 40.6 Å². The maximum atomic E-state index is 5.83. The Morgan fingerprint density at radius 3 is 2.88 bits per heavy atom. The molecule has 0 spiro atoms. The lowest BCUT2D eigenvalue weighted by atomic mass is 10.3. The van der Waals surface area contributed by atoms with E-state index in [1.165, 1.54) is 0 Å². The van der Waals surface area contributed by atoms with Crippen LogP contribution in [0.25, 0.3) is 0 Å². The predicted octanol–water partition coefficient (Wildman–Crippen LogP) is 3.32. The molecule has 0 radical (unpaired) electrons. The molecule has 1 aromatic heterocycles. The number of hydrogen-bond acceptors (Lipinski definition) is 4. The van der Waals surface area contributed by atoms with E-state index in [4.69, 9.17) is 11.6 Å². The molecule has 17 heavy (non-hydrogen) atoms. The van der Waals surface area contributed by atoms with Gasteiger partial charge in [-0.1, -0.05) is 30.3 Å². The summed E-state index contributed by atoms with van der Waals surface area (Å²) < 4.78 is 2.20. The van der Waals surface area contributed by atoms with Crippen molar-refractivity contribution in [3.8, 4) is 0 Å². The molecule has 2 aromatic rings. The van der Waals surface area contributed by atoms with Crippen LogP contribution in [0.1, 0.15) is 6.92 Å². The Labute approximate surface area is 112 Å². The molecule has 0 aliphatic carbocycles. The van der Waals surface area contributed by atoms with Gasteiger partial charge in [-0.2, -0.15) is 4.98 Å². The molecular weight excluding hydrogens is 274 g/mol. The van der Waals surface area contributed by atoms with E-state index in [0.717, 1.165) is 27.2 Å². The lowest BCUT2D eigenvalue weighted by molar-refractivity contribution is 0.716. The van der Waals surface area contributed by atoms with E-state index in [1.807, 2.05) is 24.3 Å². The van der Waals surface area contributed by atoms with Gasteiger partial charge in [0.25, 0.3) is 0 Å². The Hall–Kier alpha value is -0.780. The Morgan fingerprint density at radius 2 is 2.18 bits per heavy atom. The van der Waals surface area contributed by atoms with Crippen LogP contribution in [0, 0.1) is 0 Å². The van der Waals surface area contributed by atoms with Gasteiger partial charge >= 0.3 is 0 Å². The third-order valence-corrected chi connectivity index (χ3v) is 4.71. The monoisotopic (exact) mass is 283 g/mol. The third kappa shape index (κ3) is 2.41. The van der Waals surface area contributed by atoms with E-state index >= 15 is 0 Å². The average Bonchev–Trinajstić information content (AvgIpc) is 2.78. The van der Waals surface area contributed by atoms with Gasteiger partial charge in [0, 0.05) is 16.8 Å². The van der Waals surface area contributed by atoms with Crippen molar-refractivity contribution in [2.45, 2.75) is 23.9 Å². The molecule has 0 saturated heterocycles. The minimum absolute atomic E-state index is 0.623. The lowest BCUT2D eigenvalue weighted by Crippen LogP contribution is -2.00. The number of rotatable bonds is 1. The molecular formula is C11H10ClN3S2. The summed E-state index contributed by atoms with van der Waals surface area (Å²) >= 11 is 9.25. The number of thioether (sulfide) groups is 1. The molecule has 0 bridgehead atoms. The van der Waals surface area contributed by atoms with Crippen LogP contribution in [0.3, 0.4) is 0 Å². The van der Waals surface area contributed by atoms with E-state index in [1.54, 1.807) is 23.3 Å². The van der Waals surface area contributed by atoms with Crippen molar-refractivity contribution in [3.63, 3.8) is 0 Å². The summed E-state index contributed by atoms with van der Waals surface area (Å²) in [5.41, 5.74) is 0.889. The molecule has 2 heterocycles. The highest BCUT2D eigenvalue weighted by Crippen LogP contribution is 2.30. The highest BCUT2D eigenvalue weighted by molar-refractivity contribution is 8.00. The van der Waals surface area contributed by atoms with Gasteiger partial charge in [-0.15, -0.1) is 0 Å². The van der Waals surface area contributed by atoms with E-state index in [-0.39, 0.29) is 0 Å². The second-order valence-corrected chi connectivity index (χ2v) is 6.68. The van der Waals surface area contributed by atoms with Crippen molar-refractivity contribution < 1.29 is 0 Å². The summed E-state index contributed by atoms with van der Waals surface area (Å²) in [4.78, 5) is 9.80. The molecule has 3 rings (SSSR count). The normalized spacial score (nSPS) is 19.6. The first-order chi connectivity index (χ1) is 8.20. The molecule has 0 amide bonds. The van der Waals surface area contributed by atoms with E-state index in [2.05, 4.69) is 20.9 Å². The van der Waals surface area contributed by atoms with Crippen LogP contribution in [0.4, 0.5) is 5.69 Å². The summed E-state index contributed by atoms with van der Waals surface area (Å²) in [5, 5.41) is 2.43. The average molecular weight is 284 g/mol. The van der Waals surface area contributed by atoms with E-state index in [9.17, 15) is 0 Å². The first-order valence-corrected chi connectivity index (χ1v) is 7.29. The number of nitrogens with zero attached hydrogens (tertiary/aromatic N) is 3. The summed E-state index contributed by atoms with van der Waals surface area (Å²) in [6.07, 6.45) is 0. The summed E-state index contributed by atoms with van der Waals surface area (Å²) in [6, 6.07) is 7.47. The Morgan fingerprint density at radius 1 is 1.41 bits per heavy atom. The molecule has 3 nitrogen and oxygen atoms in total. The summed E-state index contributed by atoms with van der Waals surface area (Å²) in [7, 11) is 0. The van der Waals surface area contributed by atoms with Gasteiger partial charge in [0.1, 0.15) is 0 Å². The van der Waals surface area contributed by atoms with Crippen LogP contribution in [0.2, 0.25) is 5.02 Å². The zero-order valence-electron chi connectivity index (χ0n) is 9.13. The third-order valence-electron chi connectivity index (χ3n) is 2.38. The van der Waals surface area contributed by atoms with Crippen molar-refractivity contribution in [1.82, 2.24) is 8.94 Å². The van der Waals surface area contributed by atoms with Gasteiger partial charge in [0.2, 0.25) is 4.80 Å². The fourth-order valence-electron chi connectivity index (χ4n) is 1.62. The smallest absolute Gasteiger partial charge is 0.228 e.